The average Bonchev–Trinajstić information content (AvgIpc) is 2.78. The third-order valence-corrected chi connectivity index (χ3v) is 5.77. The Morgan fingerprint density at radius 1 is 0.969 bits per heavy atom. The molecule has 1 aromatic heterocycles. The van der Waals surface area contributed by atoms with Crippen LogP contribution in [0.5, 0.6) is 5.75 Å². The van der Waals surface area contributed by atoms with Crippen molar-refractivity contribution in [3.8, 4) is 28.0 Å². The van der Waals surface area contributed by atoms with Crippen molar-refractivity contribution in [1.82, 2.24) is 4.98 Å². The van der Waals surface area contributed by atoms with Crippen molar-refractivity contribution < 1.29 is 9.84 Å². The molecule has 0 radical (unpaired) electrons. The van der Waals surface area contributed by atoms with Crippen molar-refractivity contribution in [3.63, 3.8) is 0 Å². The van der Waals surface area contributed by atoms with Gasteiger partial charge in [-0.15, -0.1) is 0 Å². The van der Waals surface area contributed by atoms with E-state index in [4.69, 9.17) is 27.1 Å². The molecule has 4 rings (SSSR count). The normalized spacial score (nSPS) is 11.2. The van der Waals surface area contributed by atoms with Crippen LogP contribution in [0.1, 0.15) is 23.1 Å². The summed E-state index contributed by atoms with van der Waals surface area (Å²) in [6.45, 7) is 5.24. The molecule has 1 heterocycles. The Labute approximate surface area is 193 Å². The van der Waals surface area contributed by atoms with Crippen LogP contribution >= 0.6 is 11.6 Å². The van der Waals surface area contributed by atoms with E-state index >= 15 is 0 Å². The van der Waals surface area contributed by atoms with Gasteiger partial charge in [0, 0.05) is 22.7 Å². The van der Waals surface area contributed by atoms with E-state index in [2.05, 4.69) is 32.0 Å². The highest BCUT2D eigenvalue weighted by atomic mass is 35.5. The molecule has 32 heavy (non-hydrogen) atoms. The minimum Gasteiger partial charge on any atom is -0.492 e. The molecule has 0 saturated heterocycles. The zero-order chi connectivity index (χ0) is 22.7. The molecular formula is C27H27ClN2O2. The van der Waals surface area contributed by atoms with Crippen LogP contribution < -0.4 is 10.5 Å². The summed E-state index contributed by atoms with van der Waals surface area (Å²) in [5.41, 5.74) is 13.5. The van der Waals surface area contributed by atoms with Gasteiger partial charge in [0.25, 0.3) is 0 Å². The van der Waals surface area contributed by atoms with Crippen molar-refractivity contribution in [2.75, 3.05) is 13.2 Å². The molecule has 0 spiro atoms. The van der Waals surface area contributed by atoms with Crippen molar-refractivity contribution in [3.05, 3.63) is 82.5 Å². The van der Waals surface area contributed by atoms with Gasteiger partial charge in [0.1, 0.15) is 5.75 Å². The predicted molar refractivity (Wildman–Crippen MR) is 132 cm³/mol. The number of aromatic nitrogens is 1. The zero-order valence-corrected chi connectivity index (χ0v) is 19.1. The van der Waals surface area contributed by atoms with E-state index < -0.39 is 0 Å². The second kappa shape index (κ2) is 9.70. The summed E-state index contributed by atoms with van der Waals surface area (Å²) in [6.07, 6.45) is 2.62. The molecule has 0 unspecified atom stereocenters. The lowest BCUT2D eigenvalue weighted by atomic mass is 9.97. The molecule has 0 aliphatic rings. The highest BCUT2D eigenvalue weighted by molar-refractivity contribution is 6.34. The molecule has 3 aromatic carbocycles. The highest BCUT2D eigenvalue weighted by Gasteiger charge is 2.16. The van der Waals surface area contributed by atoms with Gasteiger partial charge in [-0.25, -0.2) is 0 Å². The Bertz CT molecular complexity index is 1250. The van der Waals surface area contributed by atoms with Crippen molar-refractivity contribution in [2.45, 2.75) is 26.9 Å². The maximum Gasteiger partial charge on any atom is 0.138 e. The summed E-state index contributed by atoms with van der Waals surface area (Å²) in [4.78, 5) is 4.71. The van der Waals surface area contributed by atoms with Gasteiger partial charge in [-0.05, 0) is 61.7 Å². The van der Waals surface area contributed by atoms with Gasteiger partial charge in [0.15, 0.2) is 0 Å². The summed E-state index contributed by atoms with van der Waals surface area (Å²) in [7, 11) is 0. The molecule has 0 amide bonds. The Morgan fingerprint density at radius 2 is 1.75 bits per heavy atom. The first kappa shape index (κ1) is 22.3. The second-order valence-corrected chi connectivity index (χ2v) is 8.48. The van der Waals surface area contributed by atoms with Crippen LogP contribution in [0.15, 0.2) is 60.8 Å². The number of hydrogen-bond donors (Lipinski definition) is 2. The number of hydrogen-bond acceptors (Lipinski definition) is 4. The van der Waals surface area contributed by atoms with Crippen molar-refractivity contribution >= 4 is 22.5 Å². The number of aryl methyl sites for hydroxylation is 2. The summed E-state index contributed by atoms with van der Waals surface area (Å²) in [6, 6.07) is 18.1. The Morgan fingerprint density at radius 3 is 2.47 bits per heavy atom. The van der Waals surface area contributed by atoms with E-state index in [-0.39, 0.29) is 6.61 Å². The smallest absolute Gasteiger partial charge is 0.138 e. The lowest BCUT2D eigenvalue weighted by Crippen LogP contribution is -2.07. The lowest BCUT2D eigenvalue weighted by molar-refractivity contribution is 0.282. The van der Waals surface area contributed by atoms with Crippen LogP contribution in [0, 0.1) is 13.8 Å². The third-order valence-electron chi connectivity index (χ3n) is 5.46. The van der Waals surface area contributed by atoms with Crippen LogP contribution in [-0.2, 0) is 6.61 Å². The largest absolute Gasteiger partial charge is 0.492 e. The fourth-order valence-corrected chi connectivity index (χ4v) is 4.26. The molecule has 3 N–H and O–H groups in total. The van der Waals surface area contributed by atoms with Crippen LogP contribution in [-0.4, -0.2) is 23.2 Å². The highest BCUT2D eigenvalue weighted by Crippen LogP contribution is 2.40. The van der Waals surface area contributed by atoms with Gasteiger partial charge in [0.2, 0.25) is 0 Å². The maximum absolute atomic E-state index is 9.55. The molecule has 0 atom stereocenters. The summed E-state index contributed by atoms with van der Waals surface area (Å²) in [5.74, 6) is 0.782. The minimum absolute atomic E-state index is 0.0229. The molecular weight excluding hydrogens is 420 g/mol. The number of pyridine rings is 1. The first-order valence-electron chi connectivity index (χ1n) is 10.7. The van der Waals surface area contributed by atoms with Gasteiger partial charge in [-0.3, -0.25) is 4.98 Å². The van der Waals surface area contributed by atoms with Gasteiger partial charge in [-0.2, -0.15) is 0 Å². The average molecular weight is 447 g/mol. The third kappa shape index (κ3) is 4.63. The standard InChI is InChI=1S/C27H27ClN2O2/c1-17-9-18(2)11-21(10-17)24-15-30-26-14-25(28)22(20-6-3-5-19(12-20)16-31)13-23(26)27(24)32-8-4-7-29/h3,5-6,9-15,31H,4,7-8,16,29H2,1-2H3. The Balaban J connectivity index is 1.94. The number of aliphatic hydroxyl groups excluding tert-OH is 1. The number of rotatable bonds is 7. The molecule has 0 aliphatic carbocycles. The monoisotopic (exact) mass is 446 g/mol. The van der Waals surface area contributed by atoms with E-state index in [0.29, 0.717) is 18.2 Å². The number of nitrogens with zero attached hydrogens (tertiary/aromatic N) is 1. The van der Waals surface area contributed by atoms with E-state index in [1.54, 1.807) is 0 Å². The number of halogens is 1. The van der Waals surface area contributed by atoms with Crippen LogP contribution in [0.4, 0.5) is 0 Å². The number of benzene rings is 3. The maximum atomic E-state index is 9.55. The topological polar surface area (TPSA) is 68.4 Å². The minimum atomic E-state index is -0.0229. The molecule has 4 aromatic rings. The van der Waals surface area contributed by atoms with Crippen LogP contribution in [0.2, 0.25) is 5.02 Å². The molecule has 0 saturated carbocycles. The van der Waals surface area contributed by atoms with Crippen LogP contribution in [0.3, 0.4) is 0 Å². The summed E-state index contributed by atoms with van der Waals surface area (Å²) in [5, 5.41) is 11.0. The number of ether oxygens (including phenoxy) is 1. The number of fused-ring (bicyclic) bond motifs is 1. The quantitative estimate of drug-likeness (QED) is 0.338. The molecule has 0 fully saturated rings. The fraction of sp³-hybridized carbons (Fsp3) is 0.222. The van der Waals surface area contributed by atoms with Gasteiger partial charge in [0.05, 0.1) is 23.8 Å². The molecule has 0 bridgehead atoms. The van der Waals surface area contributed by atoms with Crippen molar-refractivity contribution in [2.24, 2.45) is 5.73 Å². The first-order chi connectivity index (χ1) is 15.5. The van der Waals surface area contributed by atoms with E-state index in [9.17, 15) is 5.11 Å². The zero-order valence-electron chi connectivity index (χ0n) is 18.4. The van der Waals surface area contributed by atoms with Gasteiger partial charge < -0.3 is 15.6 Å². The molecule has 4 nitrogen and oxygen atoms in total. The van der Waals surface area contributed by atoms with Gasteiger partial charge in [-0.1, -0.05) is 59.1 Å². The predicted octanol–water partition coefficient (Wildman–Crippen LogP) is 6.06. The lowest BCUT2D eigenvalue weighted by Gasteiger charge is -2.17. The Kier molecular flexibility index (Phi) is 6.75. The Hall–Kier alpha value is -2.92. The first-order valence-corrected chi connectivity index (χ1v) is 11.1. The van der Waals surface area contributed by atoms with Crippen molar-refractivity contribution in [1.29, 1.82) is 0 Å². The summed E-state index contributed by atoms with van der Waals surface area (Å²) >= 11 is 6.65. The molecule has 0 aliphatic heterocycles. The van der Waals surface area contributed by atoms with Gasteiger partial charge >= 0.3 is 0 Å². The second-order valence-electron chi connectivity index (χ2n) is 8.08. The van der Waals surface area contributed by atoms with E-state index in [0.717, 1.165) is 50.9 Å². The molecule has 5 heteroatoms. The number of aliphatic hydroxyl groups is 1. The summed E-state index contributed by atoms with van der Waals surface area (Å²) < 4.78 is 6.30. The SMILES string of the molecule is Cc1cc(C)cc(-c2cnc3cc(Cl)c(-c4cccc(CO)c4)cc3c2OCCCN)c1. The van der Waals surface area contributed by atoms with E-state index in [1.165, 1.54) is 11.1 Å². The molecule has 164 valence electrons. The number of nitrogens with two attached hydrogens (primary N) is 1. The van der Waals surface area contributed by atoms with E-state index in [1.807, 2.05) is 42.6 Å². The fourth-order valence-electron chi connectivity index (χ4n) is 4.00. The van der Waals surface area contributed by atoms with Crippen LogP contribution in [0.25, 0.3) is 33.2 Å².